The van der Waals surface area contributed by atoms with Crippen LogP contribution in [0.1, 0.15) is 40.2 Å². The van der Waals surface area contributed by atoms with Crippen LogP contribution in [-0.2, 0) is 11.8 Å². The summed E-state index contributed by atoms with van der Waals surface area (Å²) < 4.78 is 7.32. The van der Waals surface area contributed by atoms with Crippen LogP contribution < -0.4 is 5.32 Å². The second kappa shape index (κ2) is 6.14. The first-order chi connectivity index (χ1) is 11.4. The van der Waals surface area contributed by atoms with Crippen molar-refractivity contribution in [3.63, 3.8) is 0 Å². The molecule has 0 unspecified atom stereocenters. The highest BCUT2D eigenvalue weighted by Gasteiger charge is 2.40. The molecule has 2 aromatic rings. The Morgan fingerprint density at radius 3 is 2.75 bits per heavy atom. The van der Waals surface area contributed by atoms with Crippen LogP contribution in [0.2, 0.25) is 0 Å². The number of hydrogen-bond acceptors (Lipinski definition) is 4. The van der Waals surface area contributed by atoms with E-state index in [1.807, 2.05) is 24.7 Å². The van der Waals surface area contributed by atoms with Gasteiger partial charge in [-0.3, -0.25) is 9.59 Å². The summed E-state index contributed by atoms with van der Waals surface area (Å²) in [7, 11) is 3.69. The average molecular weight is 330 g/mol. The van der Waals surface area contributed by atoms with Crippen molar-refractivity contribution in [3.8, 4) is 0 Å². The molecule has 0 aromatic carbocycles. The summed E-state index contributed by atoms with van der Waals surface area (Å²) in [5.41, 5.74) is 0.540. The molecule has 1 saturated heterocycles. The molecule has 3 rings (SSSR count). The van der Waals surface area contributed by atoms with Crippen LogP contribution in [-0.4, -0.2) is 39.9 Å². The van der Waals surface area contributed by atoms with Crippen LogP contribution >= 0.6 is 0 Å². The number of carbonyl (C=O) groups excluding carboxylic acids is 2. The van der Waals surface area contributed by atoms with Gasteiger partial charge in [0.15, 0.2) is 0 Å². The minimum absolute atomic E-state index is 0.0131. The van der Waals surface area contributed by atoms with Crippen LogP contribution in [0, 0.1) is 19.8 Å². The van der Waals surface area contributed by atoms with Crippen molar-refractivity contribution < 1.29 is 14.0 Å². The van der Waals surface area contributed by atoms with E-state index in [1.165, 1.54) is 0 Å². The molecule has 1 fully saturated rings. The number of amides is 2. The van der Waals surface area contributed by atoms with E-state index in [0.29, 0.717) is 30.0 Å². The maximum absolute atomic E-state index is 12.4. The fraction of sp³-hybridized carbons (Fsp3) is 0.471. The molecule has 0 radical (unpaired) electrons. The van der Waals surface area contributed by atoms with Gasteiger partial charge >= 0.3 is 0 Å². The molecule has 2 atom stereocenters. The van der Waals surface area contributed by atoms with Gasteiger partial charge in [-0.25, -0.2) is 4.98 Å². The van der Waals surface area contributed by atoms with Crippen LogP contribution in [0.15, 0.2) is 22.9 Å². The molecule has 0 saturated carbocycles. The SMILES string of the molecule is Cc1cc(C(=O)NC[C@@H]2CC(=O)N(C)[C@H]2c2nccn2C)c(C)o1. The van der Waals surface area contributed by atoms with Crippen LogP contribution in [0.3, 0.4) is 0 Å². The van der Waals surface area contributed by atoms with Gasteiger partial charge < -0.3 is 19.2 Å². The summed E-state index contributed by atoms with van der Waals surface area (Å²) in [6, 6.07) is 1.59. The fourth-order valence-corrected chi connectivity index (χ4v) is 3.36. The predicted molar refractivity (Wildman–Crippen MR) is 87.3 cm³/mol. The summed E-state index contributed by atoms with van der Waals surface area (Å²) >= 11 is 0. The largest absolute Gasteiger partial charge is 0.466 e. The topological polar surface area (TPSA) is 80.4 Å². The smallest absolute Gasteiger partial charge is 0.254 e. The molecular weight excluding hydrogens is 308 g/mol. The van der Waals surface area contributed by atoms with Gasteiger partial charge in [0.1, 0.15) is 17.3 Å². The molecule has 128 valence electrons. The number of rotatable bonds is 4. The number of aryl methyl sites for hydroxylation is 3. The highest BCUT2D eigenvalue weighted by atomic mass is 16.3. The Kier molecular flexibility index (Phi) is 4.17. The Balaban J connectivity index is 1.74. The van der Waals surface area contributed by atoms with E-state index >= 15 is 0 Å². The minimum atomic E-state index is -0.176. The number of hydrogen-bond donors (Lipinski definition) is 1. The third kappa shape index (κ3) is 2.81. The number of likely N-dealkylation sites (tertiary alicyclic amines) is 1. The Bertz CT molecular complexity index is 777. The van der Waals surface area contributed by atoms with E-state index in [1.54, 1.807) is 31.1 Å². The van der Waals surface area contributed by atoms with Crippen molar-refractivity contribution in [1.29, 1.82) is 0 Å². The summed E-state index contributed by atoms with van der Waals surface area (Å²) in [6.45, 7) is 3.99. The second-order valence-electron chi connectivity index (χ2n) is 6.35. The quantitative estimate of drug-likeness (QED) is 0.923. The zero-order chi connectivity index (χ0) is 17.4. The molecule has 3 heterocycles. The van der Waals surface area contributed by atoms with Crippen molar-refractivity contribution in [1.82, 2.24) is 19.8 Å². The monoisotopic (exact) mass is 330 g/mol. The third-order valence-electron chi connectivity index (χ3n) is 4.63. The molecule has 0 aliphatic carbocycles. The summed E-state index contributed by atoms with van der Waals surface area (Å²) in [5.74, 6) is 2.02. The van der Waals surface area contributed by atoms with Crippen molar-refractivity contribution in [2.45, 2.75) is 26.3 Å². The summed E-state index contributed by atoms with van der Waals surface area (Å²) in [6.07, 6.45) is 3.98. The first-order valence-electron chi connectivity index (χ1n) is 7.96. The third-order valence-corrected chi connectivity index (χ3v) is 4.63. The lowest BCUT2D eigenvalue weighted by Crippen LogP contribution is -2.33. The molecule has 7 nitrogen and oxygen atoms in total. The van der Waals surface area contributed by atoms with Gasteiger partial charge in [0, 0.05) is 45.4 Å². The predicted octanol–water partition coefficient (Wildman–Crippen LogP) is 1.58. The van der Waals surface area contributed by atoms with Gasteiger partial charge in [-0.2, -0.15) is 0 Å². The van der Waals surface area contributed by atoms with Crippen molar-refractivity contribution >= 4 is 11.8 Å². The molecule has 0 spiro atoms. The van der Waals surface area contributed by atoms with Crippen LogP contribution in [0.5, 0.6) is 0 Å². The normalized spacial score (nSPS) is 20.7. The number of carbonyl (C=O) groups is 2. The number of nitrogens with one attached hydrogen (secondary N) is 1. The maximum Gasteiger partial charge on any atom is 0.254 e. The molecule has 0 bridgehead atoms. The number of aromatic nitrogens is 2. The van der Waals surface area contributed by atoms with Gasteiger partial charge in [0.25, 0.3) is 5.91 Å². The Labute approximate surface area is 140 Å². The van der Waals surface area contributed by atoms with Crippen molar-refractivity contribution in [3.05, 3.63) is 41.4 Å². The van der Waals surface area contributed by atoms with E-state index in [-0.39, 0.29) is 23.8 Å². The molecule has 1 aliphatic heterocycles. The van der Waals surface area contributed by atoms with Crippen molar-refractivity contribution in [2.24, 2.45) is 13.0 Å². The van der Waals surface area contributed by atoms with Gasteiger partial charge in [0.2, 0.25) is 5.91 Å². The molecule has 1 aliphatic rings. The lowest BCUT2D eigenvalue weighted by Gasteiger charge is -2.24. The number of imidazole rings is 1. The Hall–Kier alpha value is -2.57. The molecular formula is C17H22N4O3. The lowest BCUT2D eigenvalue weighted by atomic mass is 9.99. The molecule has 7 heteroatoms. The Morgan fingerprint density at radius 2 is 2.17 bits per heavy atom. The van der Waals surface area contributed by atoms with Crippen LogP contribution in [0.4, 0.5) is 0 Å². The van der Waals surface area contributed by atoms with Crippen molar-refractivity contribution in [2.75, 3.05) is 13.6 Å². The highest BCUT2D eigenvalue weighted by molar-refractivity contribution is 5.95. The standard InChI is InChI=1S/C17H22N4O3/c1-10-7-13(11(2)24-10)17(23)19-9-12-8-14(22)21(4)15(12)16-18-5-6-20(16)3/h5-7,12,15H,8-9H2,1-4H3,(H,19,23)/t12-,15+/m0/s1. The number of nitrogens with zero attached hydrogens (tertiary/aromatic N) is 3. The zero-order valence-corrected chi connectivity index (χ0v) is 14.4. The minimum Gasteiger partial charge on any atom is -0.466 e. The van der Waals surface area contributed by atoms with E-state index in [0.717, 1.165) is 5.82 Å². The lowest BCUT2D eigenvalue weighted by molar-refractivity contribution is -0.127. The fourth-order valence-electron chi connectivity index (χ4n) is 3.36. The zero-order valence-electron chi connectivity index (χ0n) is 14.4. The van der Waals surface area contributed by atoms with E-state index in [2.05, 4.69) is 10.3 Å². The Morgan fingerprint density at radius 1 is 1.42 bits per heavy atom. The molecule has 2 aromatic heterocycles. The summed E-state index contributed by atoms with van der Waals surface area (Å²) in [4.78, 5) is 30.6. The van der Waals surface area contributed by atoms with E-state index in [4.69, 9.17) is 4.42 Å². The second-order valence-corrected chi connectivity index (χ2v) is 6.35. The molecule has 24 heavy (non-hydrogen) atoms. The van der Waals surface area contributed by atoms with E-state index in [9.17, 15) is 9.59 Å². The number of furan rings is 1. The summed E-state index contributed by atoms with van der Waals surface area (Å²) in [5, 5.41) is 2.93. The van der Waals surface area contributed by atoms with Gasteiger partial charge in [0.05, 0.1) is 11.6 Å². The van der Waals surface area contributed by atoms with E-state index < -0.39 is 0 Å². The average Bonchev–Trinajstić information content (AvgIpc) is 3.16. The molecule has 2 amide bonds. The molecule has 1 N–H and O–H groups in total. The van der Waals surface area contributed by atoms with Gasteiger partial charge in [-0.05, 0) is 19.9 Å². The highest BCUT2D eigenvalue weighted by Crippen LogP contribution is 2.35. The first-order valence-corrected chi connectivity index (χ1v) is 7.96. The van der Waals surface area contributed by atoms with Crippen LogP contribution in [0.25, 0.3) is 0 Å². The van der Waals surface area contributed by atoms with Gasteiger partial charge in [-0.1, -0.05) is 0 Å². The maximum atomic E-state index is 12.4. The first kappa shape index (κ1) is 16.3. The van der Waals surface area contributed by atoms with Gasteiger partial charge in [-0.15, -0.1) is 0 Å².